The fourth-order valence-electron chi connectivity index (χ4n) is 6.96. The minimum absolute atomic E-state index is 0.809. The molecule has 5 aliphatic rings. The van der Waals surface area contributed by atoms with Crippen LogP contribution >= 0.6 is 0 Å². The van der Waals surface area contributed by atoms with Gasteiger partial charge in [0.1, 0.15) is 122 Å². The molecule has 0 aliphatic carbocycles. The molecule has 0 aromatic heterocycles. The number of hydrogen-bond donors (Lipinski definition) is 17. The third-order valence-corrected chi connectivity index (χ3v) is 10.3. The molecule has 26 heteroatoms. The van der Waals surface area contributed by atoms with Gasteiger partial charge in [0.2, 0.25) is 0 Å². The zero-order valence-corrected chi connectivity index (χ0v) is 29.2. The lowest BCUT2D eigenvalue weighted by Crippen LogP contribution is -2.68. The van der Waals surface area contributed by atoms with E-state index in [0.717, 1.165) is 0 Å². The second-order valence-corrected chi connectivity index (χ2v) is 14.0. The van der Waals surface area contributed by atoms with Crippen molar-refractivity contribution in [1.82, 2.24) is 0 Å². The summed E-state index contributed by atoms with van der Waals surface area (Å²) in [6.45, 7) is -4.48. The van der Waals surface area contributed by atoms with Crippen molar-refractivity contribution in [2.75, 3.05) is 33.0 Å². The van der Waals surface area contributed by atoms with Gasteiger partial charge in [-0.15, -0.1) is 0 Å². The minimum atomic E-state index is -2.11. The molecule has 5 aliphatic heterocycles. The molecule has 0 aromatic carbocycles. The molecule has 0 bridgehead atoms. The molecule has 0 radical (unpaired) electrons. The lowest BCUT2D eigenvalue weighted by Gasteiger charge is -2.49. The first-order chi connectivity index (χ1) is 26.5. The topological polar surface area (TPSA) is 427 Å². The van der Waals surface area contributed by atoms with Gasteiger partial charge in [-0.25, -0.2) is 0 Å². The molecule has 328 valence electrons. The fraction of sp³-hybridized carbons (Fsp3) is 1.00. The van der Waals surface area contributed by atoms with Crippen LogP contribution in [0.2, 0.25) is 0 Å². The average Bonchev–Trinajstić information content (AvgIpc) is 3.19. The molecule has 0 amide bonds. The maximum Gasteiger partial charge on any atom is 0.189 e. The molecule has 5 fully saturated rings. The first-order valence-electron chi connectivity index (χ1n) is 17.6. The number of ether oxygens (including phenoxy) is 9. The summed E-state index contributed by atoms with van der Waals surface area (Å²) in [5.41, 5.74) is 0. The van der Waals surface area contributed by atoms with E-state index in [0.29, 0.717) is 0 Å². The molecule has 17 N–H and O–H groups in total. The summed E-state index contributed by atoms with van der Waals surface area (Å²) in [5, 5.41) is 175. The number of hydrogen-bond acceptors (Lipinski definition) is 26. The van der Waals surface area contributed by atoms with Crippen molar-refractivity contribution in [3.05, 3.63) is 0 Å². The van der Waals surface area contributed by atoms with Gasteiger partial charge < -0.3 is 129 Å². The van der Waals surface area contributed by atoms with Gasteiger partial charge in [-0.3, -0.25) is 0 Å². The first-order valence-corrected chi connectivity index (χ1v) is 17.6. The first kappa shape index (κ1) is 46.0. The monoisotopic (exact) mass is 828 g/mol. The van der Waals surface area contributed by atoms with Gasteiger partial charge in [0.25, 0.3) is 0 Å². The van der Waals surface area contributed by atoms with Crippen LogP contribution in [0.1, 0.15) is 0 Å². The minimum Gasteiger partial charge on any atom is -0.394 e. The van der Waals surface area contributed by atoms with Crippen LogP contribution in [0.4, 0.5) is 0 Å². The molecule has 56 heavy (non-hydrogen) atoms. The molecular weight excluding hydrogens is 776 g/mol. The summed E-state index contributed by atoms with van der Waals surface area (Å²) < 4.78 is 49.1. The SMILES string of the molecule is OC[C@H]1O[C@@H](O[C@H]2O[C@H](CO)[C@@H](O[C@@H]3O[C@H](CO)[C@H](O[C@@H]4O[C@H](CO)[C@H](O[C@@H]5O[C@H](CO)[C@H](O)[C@H](O)[C@H]5O)[C@H](O)[C@H]4O)[C@H](O)[C@H]3O)[C@H](O)[C@H]2O)[C@H](O)[C@@H](O)[C@H]1O. The highest BCUT2D eigenvalue weighted by Gasteiger charge is 2.56. The fourth-order valence-corrected chi connectivity index (χ4v) is 6.96. The van der Waals surface area contributed by atoms with Crippen molar-refractivity contribution >= 4 is 0 Å². The molecule has 5 heterocycles. The number of aliphatic hydroxyl groups is 17. The second-order valence-electron chi connectivity index (χ2n) is 14.0. The van der Waals surface area contributed by atoms with E-state index in [-0.39, 0.29) is 0 Å². The summed E-state index contributed by atoms with van der Waals surface area (Å²) in [5.74, 6) is 0. The van der Waals surface area contributed by atoms with Crippen molar-refractivity contribution in [2.24, 2.45) is 0 Å². The maximum atomic E-state index is 11.1. The Labute approximate surface area is 316 Å². The van der Waals surface area contributed by atoms with Crippen LogP contribution < -0.4 is 0 Å². The highest BCUT2D eigenvalue weighted by atomic mass is 16.8. The zero-order valence-electron chi connectivity index (χ0n) is 29.2. The molecule has 0 spiro atoms. The predicted octanol–water partition coefficient (Wildman–Crippen LogP) is -11.9. The van der Waals surface area contributed by atoms with E-state index in [4.69, 9.17) is 42.6 Å². The maximum absolute atomic E-state index is 11.1. The summed E-state index contributed by atoms with van der Waals surface area (Å²) >= 11 is 0. The lowest BCUT2D eigenvalue weighted by atomic mass is 9.95. The van der Waals surface area contributed by atoms with Crippen molar-refractivity contribution in [3.63, 3.8) is 0 Å². The largest absolute Gasteiger partial charge is 0.394 e. The highest BCUT2D eigenvalue weighted by Crippen LogP contribution is 2.35. The molecule has 0 aromatic rings. The van der Waals surface area contributed by atoms with E-state index in [9.17, 15) is 86.8 Å². The van der Waals surface area contributed by atoms with Crippen LogP contribution in [0.3, 0.4) is 0 Å². The molecule has 0 saturated carbocycles. The Bertz CT molecular complexity index is 1200. The van der Waals surface area contributed by atoms with E-state index in [1.54, 1.807) is 0 Å². The third kappa shape index (κ3) is 9.16. The van der Waals surface area contributed by atoms with Crippen LogP contribution in [0.15, 0.2) is 0 Å². The third-order valence-electron chi connectivity index (χ3n) is 10.3. The van der Waals surface area contributed by atoms with E-state index in [1.807, 2.05) is 0 Å². The smallest absolute Gasteiger partial charge is 0.189 e. The molecule has 5 rings (SSSR count). The van der Waals surface area contributed by atoms with Gasteiger partial charge >= 0.3 is 0 Å². The van der Waals surface area contributed by atoms with Crippen molar-refractivity contribution in [2.45, 2.75) is 154 Å². The van der Waals surface area contributed by atoms with E-state index in [1.165, 1.54) is 0 Å². The molecular formula is C30H52O26. The quantitative estimate of drug-likeness (QED) is 0.0819. The lowest BCUT2D eigenvalue weighted by molar-refractivity contribution is -0.399. The Morgan fingerprint density at radius 3 is 0.714 bits per heavy atom. The Kier molecular flexibility index (Phi) is 16.1. The van der Waals surface area contributed by atoms with Gasteiger partial charge in [0.05, 0.1) is 33.0 Å². The van der Waals surface area contributed by atoms with Gasteiger partial charge in [-0.05, 0) is 0 Å². The van der Waals surface area contributed by atoms with E-state index < -0.39 is 187 Å². The highest BCUT2D eigenvalue weighted by molar-refractivity contribution is 4.98. The van der Waals surface area contributed by atoms with Crippen molar-refractivity contribution in [1.29, 1.82) is 0 Å². The summed E-state index contributed by atoms with van der Waals surface area (Å²) in [7, 11) is 0. The summed E-state index contributed by atoms with van der Waals surface area (Å²) in [4.78, 5) is 0. The standard InChI is InChI=1S/C30H52O26/c31-1-6-11(36)13(38)18(43)26(48-6)53-23-8(3-33)50-27(20(45)15(23)40)54-24-9(4-34)51-28(21(46)16(24)41)55-25-10(5-35)52-30(22(47)17(25)42)56-29-19(44)14(39)12(37)7(2-32)49-29/h6-47H,1-5H2/t6-,7-,8-,9-,10-,11+,12+,13+,14+,15-,16-,17-,18-,19-,20-,21-,22-,23+,24+,25-,26+,27+,28+,29+,30-/m1/s1. The average molecular weight is 829 g/mol. The van der Waals surface area contributed by atoms with Crippen LogP contribution in [-0.2, 0) is 42.6 Å². The van der Waals surface area contributed by atoms with Gasteiger partial charge in [-0.1, -0.05) is 0 Å². The van der Waals surface area contributed by atoms with Crippen molar-refractivity contribution < 1.29 is 129 Å². The van der Waals surface area contributed by atoms with E-state index in [2.05, 4.69) is 0 Å². The number of rotatable bonds is 13. The molecule has 5 saturated heterocycles. The molecule has 26 nitrogen and oxygen atoms in total. The predicted molar refractivity (Wildman–Crippen MR) is 167 cm³/mol. The Hall–Kier alpha value is -1.04. The zero-order chi connectivity index (χ0) is 41.3. The second kappa shape index (κ2) is 19.6. The molecule has 25 atom stereocenters. The van der Waals surface area contributed by atoms with Crippen LogP contribution in [0.5, 0.6) is 0 Å². The van der Waals surface area contributed by atoms with Crippen LogP contribution in [-0.4, -0.2) is 273 Å². The van der Waals surface area contributed by atoms with Gasteiger partial charge in [-0.2, -0.15) is 0 Å². The molecule has 0 unspecified atom stereocenters. The van der Waals surface area contributed by atoms with E-state index >= 15 is 0 Å². The van der Waals surface area contributed by atoms with Gasteiger partial charge in [0.15, 0.2) is 31.5 Å². The summed E-state index contributed by atoms with van der Waals surface area (Å²) in [6.07, 6.45) is -45.8. The Morgan fingerprint density at radius 1 is 0.250 bits per heavy atom. The summed E-state index contributed by atoms with van der Waals surface area (Å²) in [6, 6.07) is 0. The van der Waals surface area contributed by atoms with Crippen molar-refractivity contribution in [3.8, 4) is 0 Å². The van der Waals surface area contributed by atoms with Crippen LogP contribution in [0.25, 0.3) is 0 Å². The Balaban J connectivity index is 1.22. The van der Waals surface area contributed by atoms with Crippen LogP contribution in [0, 0.1) is 0 Å². The normalized spacial score (nSPS) is 53.2. The van der Waals surface area contributed by atoms with Gasteiger partial charge in [0, 0.05) is 0 Å². The Morgan fingerprint density at radius 2 is 0.464 bits per heavy atom. The number of aliphatic hydroxyl groups excluding tert-OH is 17.